The molecule has 128 valence electrons. The summed E-state index contributed by atoms with van der Waals surface area (Å²) >= 11 is 0. The van der Waals surface area contributed by atoms with Gasteiger partial charge in [0.05, 0.1) is 0 Å². The number of hydrogen-bond donors (Lipinski definition) is 3. The van der Waals surface area contributed by atoms with Gasteiger partial charge in [-0.15, -0.1) is 0 Å². The number of aliphatic imine (C=N–C) groups is 1. The first-order valence-corrected chi connectivity index (χ1v) is 7.95. The largest absolute Gasteiger partial charge is 0.484 e. The summed E-state index contributed by atoms with van der Waals surface area (Å²) < 4.78 is 5.29. The first-order valence-electron chi connectivity index (χ1n) is 7.95. The van der Waals surface area contributed by atoms with Crippen LogP contribution >= 0.6 is 0 Å². The molecule has 6 nitrogen and oxygen atoms in total. The lowest BCUT2D eigenvalue weighted by molar-refractivity contribution is -0.119. The molecule has 0 heterocycles. The second-order valence-electron chi connectivity index (χ2n) is 5.79. The molecule has 1 amide bonds. The van der Waals surface area contributed by atoms with Crippen LogP contribution in [0.15, 0.2) is 29.3 Å². The fourth-order valence-electron chi connectivity index (χ4n) is 2.02. The highest BCUT2D eigenvalue weighted by molar-refractivity contribution is 5.79. The van der Waals surface area contributed by atoms with Crippen LogP contribution in [-0.4, -0.2) is 32.1 Å². The van der Waals surface area contributed by atoms with Gasteiger partial charge in [-0.2, -0.15) is 0 Å². The molecule has 0 aromatic heterocycles. The summed E-state index contributed by atoms with van der Waals surface area (Å²) in [5.74, 6) is 1.63. The summed E-state index contributed by atoms with van der Waals surface area (Å²) in [7, 11) is 1.75. The van der Waals surface area contributed by atoms with E-state index in [0.717, 1.165) is 30.4 Å². The molecule has 0 aliphatic rings. The Morgan fingerprint density at radius 1 is 1.35 bits per heavy atom. The van der Waals surface area contributed by atoms with Gasteiger partial charge in [0.1, 0.15) is 5.75 Å². The Balaban J connectivity index is 2.40. The number of carbonyl (C=O) groups is 1. The van der Waals surface area contributed by atoms with Gasteiger partial charge in [-0.25, -0.2) is 0 Å². The quantitative estimate of drug-likeness (QED) is 0.367. The minimum Gasteiger partial charge on any atom is -0.484 e. The molecule has 1 rings (SSSR count). The molecule has 6 heteroatoms. The van der Waals surface area contributed by atoms with Gasteiger partial charge < -0.3 is 21.1 Å². The minimum atomic E-state index is -0.487. The van der Waals surface area contributed by atoms with E-state index in [-0.39, 0.29) is 6.61 Å². The summed E-state index contributed by atoms with van der Waals surface area (Å²) in [4.78, 5) is 14.9. The van der Waals surface area contributed by atoms with Crippen LogP contribution in [0.25, 0.3) is 0 Å². The van der Waals surface area contributed by atoms with E-state index >= 15 is 0 Å². The van der Waals surface area contributed by atoms with Gasteiger partial charge in [-0.1, -0.05) is 26.0 Å². The minimum absolute atomic E-state index is 0.115. The number of ether oxygens (including phenoxy) is 1. The molecule has 1 aromatic carbocycles. The van der Waals surface area contributed by atoms with Crippen molar-refractivity contribution in [2.75, 3.05) is 20.2 Å². The molecule has 0 bridgehead atoms. The van der Waals surface area contributed by atoms with Crippen molar-refractivity contribution in [2.45, 2.75) is 33.2 Å². The fourth-order valence-corrected chi connectivity index (χ4v) is 2.02. The Morgan fingerprint density at radius 3 is 2.78 bits per heavy atom. The Bertz CT molecular complexity index is 515. The van der Waals surface area contributed by atoms with Crippen LogP contribution in [0.2, 0.25) is 0 Å². The predicted octanol–water partition coefficient (Wildman–Crippen LogP) is 1.65. The van der Waals surface area contributed by atoms with Crippen molar-refractivity contribution in [3.63, 3.8) is 0 Å². The maximum absolute atomic E-state index is 10.7. The number of guanidine groups is 1. The standard InChI is InChI=1S/C17H28N4O2/c1-13(2)6-5-9-20-17(19-3)21-11-14-7-4-8-15(10-14)23-12-16(18)22/h4,7-8,10,13H,5-6,9,11-12H2,1-3H3,(H2,18,22)(H2,19,20,21). The third kappa shape index (κ3) is 8.70. The Kier molecular flexibility index (Phi) is 8.57. The number of benzene rings is 1. The lowest BCUT2D eigenvalue weighted by atomic mass is 10.1. The highest BCUT2D eigenvalue weighted by Crippen LogP contribution is 2.13. The molecule has 0 atom stereocenters. The van der Waals surface area contributed by atoms with Crippen LogP contribution in [0.5, 0.6) is 5.75 Å². The number of nitrogens with two attached hydrogens (primary N) is 1. The van der Waals surface area contributed by atoms with E-state index in [9.17, 15) is 4.79 Å². The second kappa shape index (κ2) is 10.5. The maximum atomic E-state index is 10.7. The lowest BCUT2D eigenvalue weighted by Gasteiger charge is -2.13. The summed E-state index contributed by atoms with van der Waals surface area (Å²) in [5.41, 5.74) is 6.11. The van der Waals surface area contributed by atoms with Crippen molar-refractivity contribution in [1.82, 2.24) is 10.6 Å². The van der Waals surface area contributed by atoms with E-state index in [0.29, 0.717) is 12.3 Å². The highest BCUT2D eigenvalue weighted by Gasteiger charge is 2.02. The molecule has 1 aromatic rings. The molecule has 23 heavy (non-hydrogen) atoms. The van der Waals surface area contributed by atoms with Crippen LogP contribution in [0, 0.1) is 5.92 Å². The third-order valence-electron chi connectivity index (χ3n) is 3.21. The number of amides is 1. The smallest absolute Gasteiger partial charge is 0.255 e. The maximum Gasteiger partial charge on any atom is 0.255 e. The number of hydrogen-bond acceptors (Lipinski definition) is 3. The van der Waals surface area contributed by atoms with Crippen molar-refractivity contribution in [3.8, 4) is 5.75 Å². The summed E-state index contributed by atoms with van der Waals surface area (Å²) in [6.45, 7) is 5.86. The zero-order chi connectivity index (χ0) is 17.1. The van der Waals surface area contributed by atoms with Gasteiger partial charge in [0.15, 0.2) is 12.6 Å². The van der Waals surface area contributed by atoms with E-state index in [1.165, 1.54) is 6.42 Å². The highest BCUT2D eigenvalue weighted by atomic mass is 16.5. The number of primary amides is 1. The van der Waals surface area contributed by atoms with E-state index in [2.05, 4.69) is 29.5 Å². The fraction of sp³-hybridized carbons (Fsp3) is 0.529. The van der Waals surface area contributed by atoms with Gasteiger partial charge in [0, 0.05) is 20.1 Å². The molecule has 0 radical (unpaired) electrons. The molecule has 4 N–H and O–H groups in total. The van der Waals surface area contributed by atoms with E-state index in [1.54, 1.807) is 13.1 Å². The second-order valence-corrected chi connectivity index (χ2v) is 5.79. The van der Waals surface area contributed by atoms with Crippen molar-refractivity contribution in [1.29, 1.82) is 0 Å². The van der Waals surface area contributed by atoms with Gasteiger partial charge in [-0.3, -0.25) is 9.79 Å². The predicted molar refractivity (Wildman–Crippen MR) is 93.4 cm³/mol. The first-order chi connectivity index (χ1) is 11.0. The zero-order valence-electron chi connectivity index (χ0n) is 14.3. The van der Waals surface area contributed by atoms with Gasteiger partial charge in [0.25, 0.3) is 5.91 Å². The average Bonchev–Trinajstić information content (AvgIpc) is 2.52. The third-order valence-corrected chi connectivity index (χ3v) is 3.21. The molecule has 0 aliphatic heterocycles. The average molecular weight is 320 g/mol. The van der Waals surface area contributed by atoms with Gasteiger partial charge in [-0.05, 0) is 36.5 Å². The van der Waals surface area contributed by atoms with Crippen LogP contribution in [0.1, 0.15) is 32.3 Å². The molecule has 0 fully saturated rings. The monoisotopic (exact) mass is 320 g/mol. The molecule has 0 saturated carbocycles. The summed E-state index contributed by atoms with van der Waals surface area (Å²) in [6.07, 6.45) is 2.32. The molecule has 0 unspecified atom stereocenters. The zero-order valence-corrected chi connectivity index (χ0v) is 14.3. The Hall–Kier alpha value is -2.24. The van der Waals surface area contributed by atoms with Crippen molar-refractivity contribution >= 4 is 11.9 Å². The van der Waals surface area contributed by atoms with Crippen LogP contribution in [0.3, 0.4) is 0 Å². The number of nitrogens with zero attached hydrogens (tertiary/aromatic N) is 1. The topological polar surface area (TPSA) is 88.7 Å². The van der Waals surface area contributed by atoms with Crippen molar-refractivity contribution < 1.29 is 9.53 Å². The lowest BCUT2D eigenvalue weighted by Crippen LogP contribution is -2.37. The van der Waals surface area contributed by atoms with Crippen LogP contribution in [-0.2, 0) is 11.3 Å². The first kappa shape index (κ1) is 18.8. The molecular formula is C17H28N4O2. The van der Waals surface area contributed by atoms with Crippen molar-refractivity contribution in [3.05, 3.63) is 29.8 Å². The number of carbonyl (C=O) groups excluding carboxylic acids is 1. The Morgan fingerprint density at radius 2 is 2.13 bits per heavy atom. The Labute approximate surface area is 138 Å². The summed E-state index contributed by atoms with van der Waals surface area (Å²) in [6, 6.07) is 7.54. The van der Waals surface area contributed by atoms with E-state index in [4.69, 9.17) is 10.5 Å². The number of nitrogens with one attached hydrogen (secondary N) is 2. The normalized spacial score (nSPS) is 11.4. The van der Waals surface area contributed by atoms with E-state index in [1.807, 2.05) is 18.2 Å². The molecule has 0 spiro atoms. The van der Waals surface area contributed by atoms with Crippen molar-refractivity contribution in [2.24, 2.45) is 16.6 Å². The SMILES string of the molecule is CN=C(NCCCC(C)C)NCc1cccc(OCC(N)=O)c1. The molecule has 0 saturated heterocycles. The van der Waals surface area contributed by atoms with E-state index < -0.39 is 5.91 Å². The summed E-state index contributed by atoms with van der Waals surface area (Å²) in [5, 5.41) is 6.55. The van der Waals surface area contributed by atoms with Crippen LogP contribution in [0.4, 0.5) is 0 Å². The molecule has 0 aliphatic carbocycles. The molecular weight excluding hydrogens is 292 g/mol. The number of rotatable bonds is 9. The van der Waals surface area contributed by atoms with Gasteiger partial charge >= 0.3 is 0 Å². The van der Waals surface area contributed by atoms with Gasteiger partial charge in [0.2, 0.25) is 0 Å². The van der Waals surface area contributed by atoms with Crippen LogP contribution < -0.4 is 21.1 Å².